The minimum absolute atomic E-state index is 0.148. The molecule has 0 unspecified atom stereocenters. The fraction of sp³-hybridized carbons (Fsp3) is 0.235. The number of alkyl halides is 3. The smallest absolute Gasteiger partial charge is 0.406 e. The molecule has 3 rings (SSSR count). The number of ketones is 1. The maximum atomic E-state index is 12.3. The monoisotopic (exact) mass is 366 g/mol. The van der Waals surface area contributed by atoms with Crippen molar-refractivity contribution in [1.82, 2.24) is 4.98 Å². The minimum atomic E-state index is -4.81. The van der Waals surface area contributed by atoms with E-state index in [1.165, 1.54) is 18.2 Å². The number of H-pyrrole nitrogens is 1. The molecule has 1 heterocycles. The van der Waals surface area contributed by atoms with E-state index in [0.29, 0.717) is 30.5 Å². The number of Topliss-reactive ketones (excluding diaryl/α,β-unsaturated/α-hetero) is 1. The molecule has 0 saturated carbocycles. The van der Waals surface area contributed by atoms with Gasteiger partial charge in [0.25, 0.3) is 11.5 Å². The van der Waals surface area contributed by atoms with E-state index in [2.05, 4.69) is 15.0 Å². The summed E-state index contributed by atoms with van der Waals surface area (Å²) in [6, 6.07) is 5.73. The van der Waals surface area contributed by atoms with E-state index in [4.69, 9.17) is 0 Å². The van der Waals surface area contributed by atoms with Crippen LogP contribution >= 0.6 is 0 Å². The second-order valence-corrected chi connectivity index (χ2v) is 5.71. The van der Waals surface area contributed by atoms with Gasteiger partial charge in [-0.25, -0.2) is 0 Å². The van der Waals surface area contributed by atoms with Gasteiger partial charge in [-0.05, 0) is 43.2 Å². The summed E-state index contributed by atoms with van der Waals surface area (Å²) in [6.07, 6.45) is -3.27. The summed E-state index contributed by atoms with van der Waals surface area (Å²) in [7, 11) is 0. The first-order valence-corrected chi connectivity index (χ1v) is 7.69. The summed E-state index contributed by atoms with van der Waals surface area (Å²) >= 11 is 0. The second-order valence-electron chi connectivity index (χ2n) is 5.71. The first-order chi connectivity index (χ1) is 12.2. The van der Waals surface area contributed by atoms with Gasteiger partial charge in [0.05, 0.1) is 0 Å². The molecule has 9 heteroatoms. The number of aryl methyl sites for hydroxylation is 1. The molecule has 0 saturated heterocycles. The standard InChI is InChI=1S/C17H13F3N2O4/c18-17(19,20)26-10-6-4-9(5-7-10)21-15(24)12-8-11-13(22-16(12)25)2-1-3-14(11)23/h4-8H,1-3H2,(H,21,24)(H,22,25). The molecule has 0 radical (unpaired) electrons. The van der Waals surface area contributed by atoms with Gasteiger partial charge in [0.1, 0.15) is 11.3 Å². The molecular formula is C17H13F3N2O4. The number of rotatable bonds is 3. The normalized spacial score (nSPS) is 13.9. The number of aromatic amines is 1. The molecule has 26 heavy (non-hydrogen) atoms. The molecule has 6 nitrogen and oxygen atoms in total. The molecule has 1 aromatic carbocycles. The highest BCUT2D eigenvalue weighted by atomic mass is 19.4. The van der Waals surface area contributed by atoms with E-state index >= 15 is 0 Å². The molecule has 1 amide bonds. The van der Waals surface area contributed by atoms with E-state index in [-0.39, 0.29) is 17.0 Å². The minimum Gasteiger partial charge on any atom is -0.406 e. The molecule has 0 bridgehead atoms. The van der Waals surface area contributed by atoms with Crippen LogP contribution in [-0.4, -0.2) is 23.0 Å². The number of benzene rings is 1. The van der Waals surface area contributed by atoms with Crippen molar-refractivity contribution in [2.45, 2.75) is 25.6 Å². The van der Waals surface area contributed by atoms with Crippen LogP contribution in [0.1, 0.15) is 39.3 Å². The number of nitrogens with one attached hydrogen (secondary N) is 2. The Morgan fingerprint density at radius 3 is 2.46 bits per heavy atom. The number of pyridine rings is 1. The van der Waals surface area contributed by atoms with Crippen LogP contribution in [0.25, 0.3) is 0 Å². The van der Waals surface area contributed by atoms with E-state index in [1.54, 1.807) is 0 Å². The first kappa shape index (κ1) is 17.7. The zero-order valence-corrected chi connectivity index (χ0v) is 13.3. The Hall–Kier alpha value is -3.10. The Morgan fingerprint density at radius 1 is 1.12 bits per heavy atom. The van der Waals surface area contributed by atoms with Gasteiger partial charge in [-0.1, -0.05) is 0 Å². The average molecular weight is 366 g/mol. The third-order valence-electron chi connectivity index (χ3n) is 3.84. The predicted octanol–water partition coefficient (Wildman–Crippen LogP) is 3.04. The van der Waals surface area contributed by atoms with Crippen molar-refractivity contribution >= 4 is 17.4 Å². The Balaban J connectivity index is 1.79. The Bertz CT molecular complexity index is 917. The molecule has 0 aliphatic heterocycles. The van der Waals surface area contributed by atoms with Gasteiger partial charge < -0.3 is 15.0 Å². The van der Waals surface area contributed by atoms with Crippen LogP contribution < -0.4 is 15.6 Å². The van der Waals surface area contributed by atoms with E-state index < -0.39 is 23.6 Å². The van der Waals surface area contributed by atoms with Gasteiger partial charge in [0, 0.05) is 23.4 Å². The number of aromatic nitrogens is 1. The maximum Gasteiger partial charge on any atom is 0.573 e. The van der Waals surface area contributed by atoms with E-state index in [0.717, 1.165) is 12.1 Å². The van der Waals surface area contributed by atoms with Gasteiger partial charge in [-0.2, -0.15) is 0 Å². The zero-order chi connectivity index (χ0) is 18.9. The number of carbonyl (C=O) groups excluding carboxylic acids is 2. The third-order valence-corrected chi connectivity index (χ3v) is 3.84. The van der Waals surface area contributed by atoms with Crippen molar-refractivity contribution in [3.63, 3.8) is 0 Å². The highest BCUT2D eigenvalue weighted by molar-refractivity contribution is 6.06. The highest BCUT2D eigenvalue weighted by Gasteiger charge is 2.31. The quantitative estimate of drug-likeness (QED) is 0.874. The molecule has 0 spiro atoms. The first-order valence-electron chi connectivity index (χ1n) is 7.69. The molecule has 136 valence electrons. The van der Waals surface area contributed by atoms with E-state index in [9.17, 15) is 27.6 Å². The number of hydrogen-bond acceptors (Lipinski definition) is 4. The summed E-state index contributed by atoms with van der Waals surface area (Å²) in [6.45, 7) is 0. The molecule has 2 aromatic rings. The number of halogens is 3. The third kappa shape index (κ3) is 3.93. The summed E-state index contributed by atoms with van der Waals surface area (Å²) in [5.41, 5.74) is 0.127. The molecular weight excluding hydrogens is 353 g/mol. The zero-order valence-electron chi connectivity index (χ0n) is 13.3. The summed E-state index contributed by atoms with van der Waals surface area (Å²) in [5, 5.41) is 2.40. The molecule has 2 N–H and O–H groups in total. The Kier molecular flexibility index (Phi) is 4.54. The lowest BCUT2D eigenvalue weighted by atomic mass is 9.93. The van der Waals surface area contributed by atoms with Gasteiger partial charge in [-0.3, -0.25) is 14.4 Å². The van der Waals surface area contributed by atoms with Gasteiger partial charge in [0.2, 0.25) is 0 Å². The largest absolute Gasteiger partial charge is 0.573 e. The van der Waals surface area contributed by atoms with Crippen molar-refractivity contribution in [3.05, 3.63) is 57.5 Å². The van der Waals surface area contributed by atoms with Crippen molar-refractivity contribution in [1.29, 1.82) is 0 Å². The Labute approximate surface area is 145 Å². The maximum absolute atomic E-state index is 12.3. The second kappa shape index (κ2) is 6.66. The summed E-state index contributed by atoms with van der Waals surface area (Å²) in [4.78, 5) is 38.8. The van der Waals surface area contributed by atoms with Crippen LogP contribution in [0.5, 0.6) is 5.75 Å². The van der Waals surface area contributed by atoms with Crippen LogP contribution in [0.15, 0.2) is 35.1 Å². The summed E-state index contributed by atoms with van der Waals surface area (Å²) < 4.78 is 40.1. The molecule has 0 atom stereocenters. The summed E-state index contributed by atoms with van der Waals surface area (Å²) in [5.74, 6) is -1.35. The van der Waals surface area contributed by atoms with Crippen molar-refractivity contribution in [2.75, 3.05) is 5.32 Å². The SMILES string of the molecule is O=C1CCCc2[nH]c(=O)c(C(=O)Nc3ccc(OC(F)(F)F)cc3)cc21. The number of ether oxygens (including phenoxy) is 1. The molecule has 1 aromatic heterocycles. The molecule has 1 aliphatic rings. The topological polar surface area (TPSA) is 88.3 Å². The van der Waals surface area contributed by atoms with Crippen LogP contribution in [0.2, 0.25) is 0 Å². The lowest BCUT2D eigenvalue weighted by Gasteiger charge is -2.15. The lowest BCUT2D eigenvalue weighted by Crippen LogP contribution is -2.27. The molecule has 0 fully saturated rings. The number of hydrogen-bond donors (Lipinski definition) is 2. The Morgan fingerprint density at radius 2 is 1.81 bits per heavy atom. The number of fused-ring (bicyclic) bond motifs is 1. The van der Waals surface area contributed by atoms with Gasteiger partial charge in [0.15, 0.2) is 5.78 Å². The van der Waals surface area contributed by atoms with Gasteiger partial charge in [-0.15, -0.1) is 13.2 Å². The lowest BCUT2D eigenvalue weighted by molar-refractivity contribution is -0.274. The fourth-order valence-corrected chi connectivity index (χ4v) is 2.68. The van der Waals surface area contributed by atoms with Crippen LogP contribution in [-0.2, 0) is 6.42 Å². The van der Waals surface area contributed by atoms with Crippen molar-refractivity contribution in [2.24, 2.45) is 0 Å². The molecule has 1 aliphatic carbocycles. The van der Waals surface area contributed by atoms with Crippen molar-refractivity contribution in [3.8, 4) is 5.75 Å². The van der Waals surface area contributed by atoms with Gasteiger partial charge >= 0.3 is 6.36 Å². The number of amides is 1. The van der Waals surface area contributed by atoms with Crippen LogP contribution in [0.3, 0.4) is 0 Å². The number of carbonyl (C=O) groups is 2. The number of anilines is 1. The van der Waals surface area contributed by atoms with Crippen LogP contribution in [0.4, 0.5) is 18.9 Å². The average Bonchev–Trinajstić information content (AvgIpc) is 2.55. The van der Waals surface area contributed by atoms with Crippen LogP contribution in [0, 0.1) is 0 Å². The highest BCUT2D eigenvalue weighted by Crippen LogP contribution is 2.24. The van der Waals surface area contributed by atoms with E-state index in [1.807, 2.05) is 0 Å². The fourth-order valence-electron chi connectivity index (χ4n) is 2.68. The van der Waals surface area contributed by atoms with Crippen molar-refractivity contribution < 1.29 is 27.5 Å². The predicted molar refractivity (Wildman–Crippen MR) is 85.4 cm³/mol.